The number of rotatable bonds is 4. The van der Waals surface area contributed by atoms with Crippen LogP contribution in [0.4, 0.5) is 0 Å². The van der Waals surface area contributed by atoms with E-state index in [4.69, 9.17) is 19.4 Å². The Labute approximate surface area is 256 Å². The van der Waals surface area contributed by atoms with Crippen molar-refractivity contribution in [2.75, 3.05) is 0 Å². The van der Waals surface area contributed by atoms with Crippen LogP contribution in [0, 0.1) is 0 Å². The SMILES string of the molecule is c1ccc(-c2ccc3oc4cccc(-c5nc(-c6ccccc6)nc(-c6cccc7c6sc6ccccc67)n5)c4c3c2)cc1. The topological polar surface area (TPSA) is 51.8 Å². The highest BCUT2D eigenvalue weighted by molar-refractivity contribution is 7.26. The molecule has 0 radical (unpaired) electrons. The van der Waals surface area contributed by atoms with Crippen molar-refractivity contribution in [1.82, 2.24) is 15.0 Å². The molecule has 0 spiro atoms. The molecule has 0 atom stereocenters. The first-order valence-electron chi connectivity index (χ1n) is 14.5. The molecule has 0 unspecified atom stereocenters. The lowest BCUT2D eigenvalue weighted by atomic mass is 10.0. The smallest absolute Gasteiger partial charge is 0.165 e. The van der Waals surface area contributed by atoms with Gasteiger partial charge in [-0.25, -0.2) is 15.0 Å². The van der Waals surface area contributed by atoms with Crippen LogP contribution in [-0.2, 0) is 0 Å². The zero-order chi connectivity index (χ0) is 29.0. The molecule has 5 heteroatoms. The monoisotopic (exact) mass is 581 g/mol. The first-order chi connectivity index (χ1) is 21.8. The van der Waals surface area contributed by atoms with Gasteiger partial charge >= 0.3 is 0 Å². The standard InChI is InChI=1S/C39H23N3OS/c1-3-11-24(12-4-1)26-21-22-32-31(23-26)35-29(17-10-19-33(35)43-32)38-40-37(25-13-5-2-6-14-25)41-39(42-38)30-18-9-16-28-27-15-7-8-20-34(27)44-36(28)30/h1-23H. The van der Waals surface area contributed by atoms with E-state index in [0.717, 1.165) is 49.8 Å². The average molecular weight is 582 g/mol. The largest absolute Gasteiger partial charge is 0.456 e. The predicted molar refractivity (Wildman–Crippen MR) is 182 cm³/mol. The van der Waals surface area contributed by atoms with Crippen molar-refractivity contribution in [2.45, 2.75) is 0 Å². The van der Waals surface area contributed by atoms with Crippen molar-refractivity contribution >= 4 is 53.4 Å². The van der Waals surface area contributed by atoms with Gasteiger partial charge in [-0.15, -0.1) is 11.3 Å². The van der Waals surface area contributed by atoms with E-state index in [0.29, 0.717) is 17.5 Å². The summed E-state index contributed by atoms with van der Waals surface area (Å²) in [6.07, 6.45) is 0. The first-order valence-corrected chi connectivity index (χ1v) is 15.3. The van der Waals surface area contributed by atoms with Gasteiger partial charge in [-0.05, 0) is 41.5 Å². The Balaban J connectivity index is 1.32. The van der Waals surface area contributed by atoms with E-state index < -0.39 is 0 Å². The maximum atomic E-state index is 6.36. The molecule has 0 aliphatic rings. The van der Waals surface area contributed by atoms with Gasteiger partial charge in [0.15, 0.2) is 17.5 Å². The van der Waals surface area contributed by atoms with Crippen LogP contribution in [0.5, 0.6) is 0 Å². The zero-order valence-electron chi connectivity index (χ0n) is 23.4. The van der Waals surface area contributed by atoms with Crippen LogP contribution < -0.4 is 0 Å². The summed E-state index contributed by atoms with van der Waals surface area (Å²) in [6.45, 7) is 0. The number of benzene rings is 6. The maximum Gasteiger partial charge on any atom is 0.165 e. The minimum Gasteiger partial charge on any atom is -0.456 e. The van der Waals surface area contributed by atoms with Gasteiger partial charge in [-0.1, -0.05) is 109 Å². The molecule has 6 aromatic carbocycles. The minimum absolute atomic E-state index is 0.616. The number of hydrogen-bond acceptors (Lipinski definition) is 5. The van der Waals surface area contributed by atoms with Crippen LogP contribution in [0.3, 0.4) is 0 Å². The third-order valence-electron chi connectivity index (χ3n) is 8.16. The molecule has 0 aliphatic heterocycles. The highest BCUT2D eigenvalue weighted by Crippen LogP contribution is 2.41. The molecular weight excluding hydrogens is 559 g/mol. The lowest BCUT2D eigenvalue weighted by Crippen LogP contribution is -2.00. The van der Waals surface area contributed by atoms with Gasteiger partial charge in [0.2, 0.25) is 0 Å². The van der Waals surface area contributed by atoms with Crippen LogP contribution in [0.2, 0.25) is 0 Å². The molecule has 0 bridgehead atoms. The van der Waals surface area contributed by atoms with Crippen molar-refractivity contribution in [1.29, 1.82) is 0 Å². The molecule has 0 amide bonds. The molecule has 9 rings (SSSR count). The fourth-order valence-corrected chi connectivity index (χ4v) is 7.29. The molecule has 3 heterocycles. The van der Waals surface area contributed by atoms with Gasteiger partial charge in [0.05, 0.1) is 0 Å². The Kier molecular flexibility index (Phi) is 5.64. The molecule has 0 N–H and O–H groups in total. The molecule has 0 fully saturated rings. The van der Waals surface area contributed by atoms with Crippen molar-refractivity contribution in [3.63, 3.8) is 0 Å². The van der Waals surface area contributed by atoms with E-state index in [9.17, 15) is 0 Å². The summed E-state index contributed by atoms with van der Waals surface area (Å²) in [7, 11) is 0. The summed E-state index contributed by atoms with van der Waals surface area (Å²) >= 11 is 1.78. The van der Waals surface area contributed by atoms with Crippen molar-refractivity contribution in [3.8, 4) is 45.3 Å². The Bertz CT molecular complexity index is 2500. The molecule has 9 aromatic rings. The summed E-state index contributed by atoms with van der Waals surface area (Å²) in [5, 5.41) is 4.49. The van der Waals surface area contributed by atoms with Crippen molar-refractivity contribution in [2.24, 2.45) is 0 Å². The van der Waals surface area contributed by atoms with Crippen LogP contribution in [0.15, 0.2) is 144 Å². The second kappa shape index (κ2) is 9.97. The van der Waals surface area contributed by atoms with Gasteiger partial charge in [-0.2, -0.15) is 0 Å². The van der Waals surface area contributed by atoms with E-state index in [1.54, 1.807) is 11.3 Å². The lowest BCUT2D eigenvalue weighted by molar-refractivity contribution is 0.669. The molecule has 206 valence electrons. The van der Waals surface area contributed by atoms with Gasteiger partial charge < -0.3 is 4.42 Å². The Morgan fingerprint density at radius 3 is 1.93 bits per heavy atom. The van der Waals surface area contributed by atoms with Gasteiger partial charge in [0.1, 0.15) is 11.2 Å². The maximum absolute atomic E-state index is 6.36. The summed E-state index contributed by atoms with van der Waals surface area (Å²) in [5.41, 5.74) is 6.78. The summed E-state index contributed by atoms with van der Waals surface area (Å²) in [5.74, 6) is 1.91. The first kappa shape index (κ1) is 24.9. The van der Waals surface area contributed by atoms with E-state index in [-0.39, 0.29) is 0 Å². The van der Waals surface area contributed by atoms with Crippen molar-refractivity contribution in [3.05, 3.63) is 140 Å². The molecule has 0 saturated carbocycles. The minimum atomic E-state index is 0.616. The quantitative estimate of drug-likeness (QED) is 0.207. The van der Waals surface area contributed by atoms with E-state index in [1.807, 2.05) is 48.5 Å². The van der Waals surface area contributed by atoms with E-state index >= 15 is 0 Å². The number of fused-ring (bicyclic) bond motifs is 6. The number of furan rings is 1. The molecule has 44 heavy (non-hydrogen) atoms. The predicted octanol–water partition coefficient (Wildman–Crippen LogP) is 10.8. The van der Waals surface area contributed by atoms with Gasteiger partial charge in [-0.3, -0.25) is 0 Å². The van der Waals surface area contributed by atoms with Crippen molar-refractivity contribution < 1.29 is 4.42 Å². The highest BCUT2D eigenvalue weighted by atomic mass is 32.1. The number of aromatic nitrogens is 3. The summed E-state index contributed by atoms with van der Waals surface area (Å²) < 4.78 is 8.77. The number of thiophene rings is 1. The van der Waals surface area contributed by atoms with Crippen LogP contribution in [-0.4, -0.2) is 15.0 Å². The Hall–Kier alpha value is -5.65. The zero-order valence-corrected chi connectivity index (χ0v) is 24.3. The third-order valence-corrected chi connectivity index (χ3v) is 9.38. The average Bonchev–Trinajstić information content (AvgIpc) is 3.67. The van der Waals surface area contributed by atoms with Gasteiger partial charge in [0.25, 0.3) is 0 Å². The van der Waals surface area contributed by atoms with E-state index in [1.165, 1.54) is 20.2 Å². The highest BCUT2D eigenvalue weighted by Gasteiger charge is 2.20. The van der Waals surface area contributed by atoms with E-state index in [2.05, 4.69) is 91.0 Å². The fourth-order valence-electron chi connectivity index (χ4n) is 6.08. The fraction of sp³-hybridized carbons (Fsp3) is 0. The number of hydrogen-bond donors (Lipinski definition) is 0. The normalized spacial score (nSPS) is 11.6. The van der Waals surface area contributed by atoms with Crippen LogP contribution in [0.25, 0.3) is 87.4 Å². The lowest BCUT2D eigenvalue weighted by Gasteiger charge is -2.10. The second-order valence-corrected chi connectivity index (χ2v) is 11.9. The molecule has 4 nitrogen and oxygen atoms in total. The molecule has 0 saturated heterocycles. The third kappa shape index (κ3) is 4.02. The van der Waals surface area contributed by atoms with Crippen LogP contribution in [0.1, 0.15) is 0 Å². The summed E-state index contributed by atoms with van der Waals surface area (Å²) in [6, 6.07) is 47.9. The molecular formula is C39H23N3OS. The van der Waals surface area contributed by atoms with Crippen LogP contribution >= 0.6 is 11.3 Å². The van der Waals surface area contributed by atoms with Gasteiger partial charge in [0, 0.05) is 47.6 Å². The Morgan fingerprint density at radius 2 is 1.09 bits per heavy atom. The Morgan fingerprint density at radius 1 is 0.432 bits per heavy atom. The summed E-state index contributed by atoms with van der Waals surface area (Å²) in [4.78, 5) is 15.3. The molecule has 3 aromatic heterocycles. The number of nitrogens with zero attached hydrogens (tertiary/aromatic N) is 3. The molecule has 0 aliphatic carbocycles. The second-order valence-electron chi connectivity index (χ2n) is 10.8.